The number of carboxylic acid groups (broad SMARTS) is 1. The molecule has 1 N–H and O–H groups in total. The van der Waals surface area contributed by atoms with E-state index in [1.165, 1.54) is 0 Å². The van der Waals surface area contributed by atoms with Crippen molar-refractivity contribution in [1.82, 2.24) is 14.6 Å². The van der Waals surface area contributed by atoms with Gasteiger partial charge in [0, 0.05) is 6.20 Å². The normalized spacial score (nSPS) is 10.6. The third-order valence-corrected chi connectivity index (χ3v) is 2.33. The monoisotopic (exact) mass is 255 g/mol. The number of hydrogen-bond donors (Lipinski definition) is 1. The van der Waals surface area contributed by atoms with E-state index < -0.39 is 5.97 Å². The highest BCUT2D eigenvalue weighted by molar-refractivity contribution is 9.10. The van der Waals surface area contributed by atoms with Gasteiger partial charge in [-0.05, 0) is 33.6 Å². The van der Waals surface area contributed by atoms with Crippen LogP contribution in [-0.2, 0) is 11.2 Å². The highest BCUT2D eigenvalue weighted by Crippen LogP contribution is 2.11. The molecular formula is C8H6BrN3O2. The van der Waals surface area contributed by atoms with Crippen molar-refractivity contribution in [2.24, 2.45) is 0 Å². The van der Waals surface area contributed by atoms with Crippen LogP contribution in [0.25, 0.3) is 5.65 Å². The fourth-order valence-electron chi connectivity index (χ4n) is 1.19. The average Bonchev–Trinajstić information content (AvgIpc) is 2.46. The molecule has 0 aromatic carbocycles. The molecule has 0 aliphatic carbocycles. The van der Waals surface area contributed by atoms with E-state index in [0.717, 1.165) is 0 Å². The summed E-state index contributed by atoms with van der Waals surface area (Å²) in [6.07, 6.45) is 1.73. The van der Waals surface area contributed by atoms with Crippen LogP contribution in [0, 0.1) is 0 Å². The van der Waals surface area contributed by atoms with Gasteiger partial charge in [0.2, 0.25) is 4.73 Å². The zero-order valence-corrected chi connectivity index (χ0v) is 8.60. The Balaban J connectivity index is 2.46. The highest BCUT2D eigenvalue weighted by Gasteiger charge is 2.05. The van der Waals surface area contributed by atoms with E-state index >= 15 is 0 Å². The Morgan fingerprint density at radius 1 is 1.57 bits per heavy atom. The summed E-state index contributed by atoms with van der Waals surface area (Å²) >= 11 is 3.22. The molecule has 0 fully saturated rings. The van der Waals surface area contributed by atoms with E-state index in [1.54, 1.807) is 22.7 Å². The topological polar surface area (TPSA) is 67.5 Å². The zero-order chi connectivity index (χ0) is 10.1. The highest BCUT2D eigenvalue weighted by atomic mass is 79.9. The van der Waals surface area contributed by atoms with Gasteiger partial charge in [-0.15, -0.1) is 10.2 Å². The largest absolute Gasteiger partial charge is 0.481 e. The molecule has 0 spiro atoms. The minimum absolute atomic E-state index is 0.000971. The predicted molar refractivity (Wildman–Crippen MR) is 52.0 cm³/mol. The van der Waals surface area contributed by atoms with Crippen LogP contribution in [-0.4, -0.2) is 25.7 Å². The first kappa shape index (κ1) is 9.14. The molecule has 0 saturated heterocycles. The van der Waals surface area contributed by atoms with Crippen molar-refractivity contribution in [2.45, 2.75) is 6.42 Å². The van der Waals surface area contributed by atoms with Crippen molar-refractivity contribution in [1.29, 1.82) is 0 Å². The second-order valence-electron chi connectivity index (χ2n) is 2.80. The van der Waals surface area contributed by atoms with Gasteiger partial charge in [-0.1, -0.05) is 0 Å². The van der Waals surface area contributed by atoms with Crippen LogP contribution in [0.4, 0.5) is 0 Å². The quantitative estimate of drug-likeness (QED) is 0.874. The summed E-state index contributed by atoms with van der Waals surface area (Å²) < 4.78 is 2.33. The first-order chi connectivity index (χ1) is 6.66. The Morgan fingerprint density at radius 3 is 3.07 bits per heavy atom. The van der Waals surface area contributed by atoms with Crippen molar-refractivity contribution >= 4 is 27.5 Å². The van der Waals surface area contributed by atoms with Gasteiger partial charge in [0.1, 0.15) is 0 Å². The molecule has 0 bridgehead atoms. The van der Waals surface area contributed by atoms with Crippen LogP contribution in [0.1, 0.15) is 5.56 Å². The lowest BCUT2D eigenvalue weighted by Gasteiger charge is -1.97. The van der Waals surface area contributed by atoms with Crippen LogP contribution in [0.3, 0.4) is 0 Å². The minimum atomic E-state index is -0.854. The number of rotatable bonds is 2. The number of nitrogens with zero attached hydrogens (tertiary/aromatic N) is 3. The molecule has 72 valence electrons. The molecule has 2 aromatic rings. The number of halogens is 1. The van der Waals surface area contributed by atoms with E-state index in [4.69, 9.17) is 5.11 Å². The van der Waals surface area contributed by atoms with Gasteiger partial charge in [-0.3, -0.25) is 9.20 Å². The van der Waals surface area contributed by atoms with Crippen molar-refractivity contribution in [3.8, 4) is 0 Å². The number of carbonyl (C=O) groups is 1. The molecule has 2 heterocycles. The molecule has 5 nitrogen and oxygen atoms in total. The SMILES string of the molecule is O=C(O)Cc1ccn2c(Br)nnc2c1. The molecule has 2 rings (SSSR count). The molecule has 0 saturated carbocycles. The van der Waals surface area contributed by atoms with Crippen LogP contribution in [0.5, 0.6) is 0 Å². The Labute approximate surface area is 87.5 Å². The van der Waals surface area contributed by atoms with E-state index in [2.05, 4.69) is 26.1 Å². The van der Waals surface area contributed by atoms with Crippen molar-refractivity contribution in [3.05, 3.63) is 28.6 Å². The number of carboxylic acids is 1. The molecule has 0 atom stereocenters. The summed E-state index contributed by atoms with van der Waals surface area (Å²) in [5.41, 5.74) is 1.35. The molecular weight excluding hydrogens is 250 g/mol. The number of pyridine rings is 1. The molecule has 6 heteroatoms. The van der Waals surface area contributed by atoms with Crippen molar-refractivity contribution < 1.29 is 9.90 Å². The van der Waals surface area contributed by atoms with Gasteiger partial charge in [0.05, 0.1) is 6.42 Å². The molecule has 0 aliphatic heterocycles. The van der Waals surface area contributed by atoms with Crippen molar-refractivity contribution in [2.75, 3.05) is 0 Å². The molecule has 0 aliphatic rings. The Bertz CT molecular complexity index is 494. The maximum Gasteiger partial charge on any atom is 0.307 e. The fourth-order valence-corrected chi connectivity index (χ4v) is 1.57. The smallest absolute Gasteiger partial charge is 0.307 e. The Morgan fingerprint density at radius 2 is 2.36 bits per heavy atom. The maximum atomic E-state index is 10.5. The van der Waals surface area contributed by atoms with Crippen LogP contribution in [0.15, 0.2) is 23.1 Å². The van der Waals surface area contributed by atoms with Crippen LogP contribution >= 0.6 is 15.9 Å². The number of fused-ring (bicyclic) bond motifs is 1. The number of aliphatic carboxylic acids is 1. The van der Waals surface area contributed by atoms with E-state index in [1.807, 2.05) is 0 Å². The minimum Gasteiger partial charge on any atom is -0.481 e. The Kier molecular flexibility index (Phi) is 2.20. The second kappa shape index (κ2) is 3.38. The third kappa shape index (κ3) is 1.60. The molecule has 0 unspecified atom stereocenters. The number of aromatic nitrogens is 3. The second-order valence-corrected chi connectivity index (χ2v) is 3.51. The Hall–Kier alpha value is -1.43. The lowest BCUT2D eigenvalue weighted by atomic mass is 10.2. The lowest BCUT2D eigenvalue weighted by molar-refractivity contribution is -0.136. The van der Waals surface area contributed by atoms with Gasteiger partial charge < -0.3 is 5.11 Å². The van der Waals surface area contributed by atoms with E-state index in [0.29, 0.717) is 15.9 Å². The molecule has 0 radical (unpaired) electrons. The molecule has 14 heavy (non-hydrogen) atoms. The third-order valence-electron chi connectivity index (χ3n) is 1.79. The van der Waals surface area contributed by atoms with Gasteiger partial charge in [0.25, 0.3) is 0 Å². The first-order valence-electron chi connectivity index (χ1n) is 3.88. The molecule has 0 amide bonds. The van der Waals surface area contributed by atoms with Gasteiger partial charge in [-0.25, -0.2) is 0 Å². The lowest BCUT2D eigenvalue weighted by Crippen LogP contribution is -2.00. The predicted octanol–water partition coefficient (Wildman–Crippen LogP) is 1.12. The van der Waals surface area contributed by atoms with E-state index in [9.17, 15) is 4.79 Å². The van der Waals surface area contributed by atoms with Gasteiger partial charge >= 0.3 is 5.97 Å². The fraction of sp³-hybridized carbons (Fsp3) is 0.125. The maximum absolute atomic E-state index is 10.5. The van der Waals surface area contributed by atoms with Crippen LogP contribution < -0.4 is 0 Å². The number of hydrogen-bond acceptors (Lipinski definition) is 3. The standard InChI is InChI=1S/C8H6BrN3O2/c9-8-11-10-6-3-5(4-7(13)14)1-2-12(6)8/h1-3H,4H2,(H,13,14). The summed E-state index contributed by atoms with van der Waals surface area (Å²) in [6, 6.07) is 3.43. The zero-order valence-electron chi connectivity index (χ0n) is 7.01. The van der Waals surface area contributed by atoms with Crippen molar-refractivity contribution in [3.63, 3.8) is 0 Å². The van der Waals surface area contributed by atoms with Gasteiger partial charge in [0.15, 0.2) is 5.65 Å². The summed E-state index contributed by atoms with van der Waals surface area (Å²) in [5, 5.41) is 16.2. The van der Waals surface area contributed by atoms with Crippen LogP contribution in [0.2, 0.25) is 0 Å². The summed E-state index contributed by atoms with van der Waals surface area (Å²) in [6.45, 7) is 0. The summed E-state index contributed by atoms with van der Waals surface area (Å²) in [4.78, 5) is 10.5. The summed E-state index contributed by atoms with van der Waals surface area (Å²) in [5.74, 6) is -0.854. The first-order valence-corrected chi connectivity index (χ1v) is 4.67. The molecule has 2 aromatic heterocycles. The van der Waals surface area contributed by atoms with Gasteiger partial charge in [-0.2, -0.15) is 0 Å². The average molecular weight is 256 g/mol. The summed E-state index contributed by atoms with van der Waals surface area (Å²) in [7, 11) is 0. The van der Waals surface area contributed by atoms with E-state index in [-0.39, 0.29) is 6.42 Å².